The summed E-state index contributed by atoms with van der Waals surface area (Å²) in [5, 5.41) is 15.3. The van der Waals surface area contributed by atoms with E-state index in [1.165, 1.54) is 16.6 Å². The van der Waals surface area contributed by atoms with Crippen LogP contribution < -0.4 is 5.32 Å². The molecule has 0 bridgehead atoms. The summed E-state index contributed by atoms with van der Waals surface area (Å²) in [6.45, 7) is 6.51. The van der Waals surface area contributed by atoms with Gasteiger partial charge in [0.2, 0.25) is 5.91 Å². The molecule has 0 aliphatic carbocycles. The van der Waals surface area contributed by atoms with Gasteiger partial charge in [0.25, 0.3) is 0 Å². The summed E-state index contributed by atoms with van der Waals surface area (Å²) in [7, 11) is 0. The van der Waals surface area contributed by atoms with E-state index >= 15 is 0 Å². The molecule has 0 aliphatic heterocycles. The number of aromatic nitrogens is 3. The van der Waals surface area contributed by atoms with Crippen LogP contribution in [0.25, 0.3) is 22.5 Å². The van der Waals surface area contributed by atoms with E-state index < -0.39 is 0 Å². The highest BCUT2D eigenvalue weighted by Gasteiger charge is 2.20. The van der Waals surface area contributed by atoms with Crippen molar-refractivity contribution in [3.05, 3.63) is 81.5 Å². The van der Waals surface area contributed by atoms with E-state index in [9.17, 15) is 4.79 Å². The Balaban J connectivity index is 1.57. The highest BCUT2D eigenvalue weighted by atomic mass is 35.5. The maximum absolute atomic E-state index is 12.5. The summed E-state index contributed by atoms with van der Waals surface area (Å²) in [6, 6.07) is 15.2. The minimum Gasteiger partial charge on any atom is -0.324 e. The molecular weight excluding hydrogens is 495 g/mol. The molecule has 2 aromatic carbocycles. The molecular formula is C24H20Cl2N4OS2. The van der Waals surface area contributed by atoms with Crippen molar-refractivity contribution in [2.75, 3.05) is 11.1 Å². The average molecular weight is 515 g/mol. The predicted octanol–water partition coefficient (Wildman–Crippen LogP) is 7.21. The molecule has 1 amide bonds. The summed E-state index contributed by atoms with van der Waals surface area (Å²) in [6.07, 6.45) is 1.80. The van der Waals surface area contributed by atoms with Crippen LogP contribution in [-0.4, -0.2) is 26.4 Å². The Bertz CT molecular complexity index is 1300. The minimum atomic E-state index is -0.199. The number of thioether (sulfide) groups is 1. The van der Waals surface area contributed by atoms with Crippen LogP contribution in [-0.2, 0) is 11.3 Å². The SMILES string of the molecule is C=CCn1c(SCC(=O)Nc2ccc(Cl)cc2Cl)nnc1-c1csc(C)c1-c1ccccc1. The summed E-state index contributed by atoms with van der Waals surface area (Å²) < 4.78 is 1.98. The first kappa shape index (κ1) is 23.6. The Morgan fingerprint density at radius 2 is 2.00 bits per heavy atom. The van der Waals surface area contributed by atoms with Gasteiger partial charge in [0.1, 0.15) is 0 Å². The zero-order valence-electron chi connectivity index (χ0n) is 17.7. The first-order valence-electron chi connectivity index (χ1n) is 10.0. The molecule has 33 heavy (non-hydrogen) atoms. The van der Waals surface area contributed by atoms with E-state index in [1.807, 2.05) is 22.8 Å². The van der Waals surface area contributed by atoms with Gasteiger partial charge in [-0.05, 0) is 30.7 Å². The lowest BCUT2D eigenvalue weighted by Crippen LogP contribution is -2.15. The fourth-order valence-corrected chi connectivity index (χ4v) is 5.45. The van der Waals surface area contributed by atoms with Crippen LogP contribution >= 0.6 is 46.3 Å². The normalized spacial score (nSPS) is 10.9. The Morgan fingerprint density at radius 1 is 1.21 bits per heavy atom. The number of rotatable bonds is 8. The Kier molecular flexibility index (Phi) is 7.55. The fourth-order valence-electron chi connectivity index (χ4n) is 3.38. The number of carbonyl (C=O) groups excluding carboxylic acids is 1. The van der Waals surface area contributed by atoms with E-state index in [0.717, 1.165) is 22.5 Å². The first-order valence-corrected chi connectivity index (χ1v) is 12.7. The number of benzene rings is 2. The number of hydrogen-bond acceptors (Lipinski definition) is 5. The number of amides is 1. The van der Waals surface area contributed by atoms with Crippen LogP contribution in [0.15, 0.2) is 71.7 Å². The highest BCUT2D eigenvalue weighted by molar-refractivity contribution is 7.99. The second-order valence-corrected chi connectivity index (χ2v) is 9.98. The molecule has 4 rings (SSSR count). The van der Waals surface area contributed by atoms with Gasteiger partial charge in [0.05, 0.1) is 16.5 Å². The molecule has 0 spiro atoms. The number of allylic oxidation sites excluding steroid dienone is 1. The molecule has 0 saturated heterocycles. The van der Waals surface area contributed by atoms with Crippen LogP contribution in [0.4, 0.5) is 5.69 Å². The smallest absolute Gasteiger partial charge is 0.234 e. The molecule has 0 unspecified atom stereocenters. The lowest BCUT2D eigenvalue weighted by molar-refractivity contribution is -0.113. The second kappa shape index (κ2) is 10.6. The van der Waals surface area contributed by atoms with Gasteiger partial charge in [-0.15, -0.1) is 28.1 Å². The molecule has 2 heterocycles. The molecule has 1 N–H and O–H groups in total. The van der Waals surface area contributed by atoms with E-state index in [-0.39, 0.29) is 11.7 Å². The molecule has 168 valence electrons. The van der Waals surface area contributed by atoms with Crippen molar-refractivity contribution in [3.63, 3.8) is 0 Å². The van der Waals surface area contributed by atoms with Crippen molar-refractivity contribution in [1.29, 1.82) is 0 Å². The molecule has 0 saturated carbocycles. The number of aryl methyl sites for hydroxylation is 1. The standard InChI is InChI=1S/C24H20Cl2N4OS2/c1-3-11-30-23(18-13-32-15(2)22(18)16-7-5-4-6-8-16)28-29-24(30)33-14-21(31)27-20-10-9-17(25)12-19(20)26/h3-10,12-13H,1,11,14H2,2H3,(H,27,31). The number of thiophene rings is 1. The Labute approximate surface area is 210 Å². The largest absolute Gasteiger partial charge is 0.324 e. The number of anilines is 1. The van der Waals surface area contributed by atoms with Gasteiger partial charge in [-0.2, -0.15) is 0 Å². The van der Waals surface area contributed by atoms with Crippen LogP contribution in [0.3, 0.4) is 0 Å². The maximum Gasteiger partial charge on any atom is 0.234 e. The van der Waals surface area contributed by atoms with Gasteiger partial charge in [0.15, 0.2) is 11.0 Å². The van der Waals surface area contributed by atoms with Gasteiger partial charge in [-0.3, -0.25) is 9.36 Å². The summed E-state index contributed by atoms with van der Waals surface area (Å²) in [4.78, 5) is 13.7. The maximum atomic E-state index is 12.5. The zero-order chi connectivity index (χ0) is 23.4. The summed E-state index contributed by atoms with van der Waals surface area (Å²) in [5.41, 5.74) is 3.81. The molecule has 0 fully saturated rings. The second-order valence-electron chi connectivity index (χ2n) is 7.11. The third-order valence-corrected chi connectivity index (χ3v) is 7.27. The van der Waals surface area contributed by atoms with Crippen LogP contribution in [0, 0.1) is 6.92 Å². The van der Waals surface area contributed by atoms with Gasteiger partial charge >= 0.3 is 0 Å². The molecule has 9 heteroatoms. The number of nitrogens with one attached hydrogen (secondary N) is 1. The topological polar surface area (TPSA) is 59.8 Å². The molecule has 0 aliphatic rings. The quantitative estimate of drug-likeness (QED) is 0.199. The van der Waals surface area contributed by atoms with E-state index in [0.29, 0.717) is 27.4 Å². The predicted molar refractivity (Wildman–Crippen MR) is 140 cm³/mol. The number of nitrogens with zero attached hydrogens (tertiary/aromatic N) is 3. The van der Waals surface area contributed by atoms with Crippen LogP contribution in [0.5, 0.6) is 0 Å². The third kappa shape index (κ3) is 5.33. The van der Waals surface area contributed by atoms with Gasteiger partial charge in [0, 0.05) is 33.0 Å². The molecule has 2 aromatic heterocycles. The lowest BCUT2D eigenvalue weighted by Gasteiger charge is -2.10. The molecule has 0 atom stereocenters. The van der Waals surface area contributed by atoms with E-state index in [1.54, 1.807) is 35.6 Å². The minimum absolute atomic E-state index is 0.155. The first-order chi connectivity index (χ1) is 16.0. The molecule has 0 radical (unpaired) electrons. The number of hydrogen-bond donors (Lipinski definition) is 1. The third-order valence-electron chi connectivity index (χ3n) is 4.84. The van der Waals surface area contributed by atoms with Crippen molar-refractivity contribution in [3.8, 4) is 22.5 Å². The van der Waals surface area contributed by atoms with Crippen molar-refractivity contribution in [1.82, 2.24) is 14.8 Å². The molecule has 5 nitrogen and oxygen atoms in total. The summed E-state index contributed by atoms with van der Waals surface area (Å²) in [5.74, 6) is 0.708. The van der Waals surface area contributed by atoms with E-state index in [2.05, 4.69) is 46.5 Å². The number of halogens is 2. The van der Waals surface area contributed by atoms with Gasteiger partial charge < -0.3 is 5.32 Å². The van der Waals surface area contributed by atoms with Crippen LogP contribution in [0.1, 0.15) is 4.88 Å². The number of carbonyl (C=O) groups is 1. The van der Waals surface area contributed by atoms with Crippen molar-refractivity contribution in [2.45, 2.75) is 18.6 Å². The van der Waals surface area contributed by atoms with Gasteiger partial charge in [-0.25, -0.2) is 0 Å². The fraction of sp³-hybridized carbons (Fsp3) is 0.125. The lowest BCUT2D eigenvalue weighted by atomic mass is 10.0. The van der Waals surface area contributed by atoms with E-state index in [4.69, 9.17) is 23.2 Å². The van der Waals surface area contributed by atoms with Crippen LogP contribution in [0.2, 0.25) is 10.0 Å². The average Bonchev–Trinajstić information content (AvgIpc) is 3.38. The Hall–Kier alpha value is -2.58. The monoisotopic (exact) mass is 514 g/mol. The zero-order valence-corrected chi connectivity index (χ0v) is 20.9. The highest BCUT2D eigenvalue weighted by Crippen LogP contribution is 2.39. The van der Waals surface area contributed by atoms with Crippen molar-refractivity contribution >= 4 is 57.9 Å². The van der Waals surface area contributed by atoms with Gasteiger partial charge in [-0.1, -0.05) is 71.4 Å². The van der Waals surface area contributed by atoms with Crippen molar-refractivity contribution in [2.24, 2.45) is 0 Å². The molecule has 4 aromatic rings. The van der Waals surface area contributed by atoms with Crippen molar-refractivity contribution < 1.29 is 4.79 Å². The Morgan fingerprint density at radius 3 is 2.73 bits per heavy atom. The summed E-state index contributed by atoms with van der Waals surface area (Å²) >= 11 is 15.1.